The molecule has 13 heavy (non-hydrogen) atoms. The summed E-state index contributed by atoms with van der Waals surface area (Å²) in [5.74, 6) is 0.0545. The summed E-state index contributed by atoms with van der Waals surface area (Å²) >= 11 is 5.44. The van der Waals surface area contributed by atoms with Gasteiger partial charge in [-0.1, -0.05) is 30.3 Å². The van der Waals surface area contributed by atoms with Gasteiger partial charge in [0.1, 0.15) is 5.78 Å². The fourth-order valence-electron chi connectivity index (χ4n) is 1.11. The third-order valence-electron chi connectivity index (χ3n) is 1.91. The summed E-state index contributed by atoms with van der Waals surface area (Å²) < 4.78 is 0. The zero-order valence-electron chi connectivity index (χ0n) is 7.46. The molecule has 1 atom stereocenters. The summed E-state index contributed by atoms with van der Waals surface area (Å²) in [5.41, 5.74) is 1.11. The van der Waals surface area contributed by atoms with Gasteiger partial charge in [-0.05, 0) is 30.7 Å². The molecular weight excluding hydrogens is 186 g/mol. The van der Waals surface area contributed by atoms with E-state index in [1.54, 1.807) is 0 Å². The van der Waals surface area contributed by atoms with Gasteiger partial charge in [-0.25, -0.2) is 4.84 Å². The SMILES string of the molecule is CC(=O)[C@H](Cc1ccccc1)NCl. The molecule has 3 heteroatoms. The first-order valence-electron chi connectivity index (χ1n) is 4.14. The van der Waals surface area contributed by atoms with E-state index in [4.69, 9.17) is 11.8 Å². The molecule has 0 spiro atoms. The van der Waals surface area contributed by atoms with Crippen LogP contribution in [0.5, 0.6) is 0 Å². The van der Waals surface area contributed by atoms with Crippen LogP contribution >= 0.6 is 11.8 Å². The summed E-state index contributed by atoms with van der Waals surface area (Å²) in [5, 5.41) is 0. The number of carbonyl (C=O) groups excluding carboxylic acids is 1. The minimum absolute atomic E-state index is 0.0545. The first-order valence-corrected chi connectivity index (χ1v) is 4.52. The normalized spacial score (nSPS) is 12.5. The van der Waals surface area contributed by atoms with Crippen LogP contribution in [0.15, 0.2) is 30.3 Å². The van der Waals surface area contributed by atoms with Crippen molar-refractivity contribution in [3.05, 3.63) is 35.9 Å². The molecule has 0 saturated carbocycles. The quantitative estimate of drug-likeness (QED) is 0.748. The molecule has 0 bridgehead atoms. The van der Waals surface area contributed by atoms with E-state index >= 15 is 0 Å². The molecule has 0 aliphatic carbocycles. The van der Waals surface area contributed by atoms with Crippen LogP contribution in [0.4, 0.5) is 0 Å². The lowest BCUT2D eigenvalue weighted by Crippen LogP contribution is -2.30. The minimum atomic E-state index is -0.288. The maximum Gasteiger partial charge on any atom is 0.148 e. The highest BCUT2D eigenvalue weighted by atomic mass is 35.5. The first kappa shape index (κ1) is 10.2. The molecule has 0 fully saturated rings. The Labute approximate surface area is 83.0 Å². The molecule has 1 rings (SSSR count). The summed E-state index contributed by atoms with van der Waals surface area (Å²) in [6.45, 7) is 1.53. The maximum absolute atomic E-state index is 11.0. The molecule has 0 aliphatic rings. The van der Waals surface area contributed by atoms with Crippen LogP contribution in [0.3, 0.4) is 0 Å². The van der Waals surface area contributed by atoms with Gasteiger partial charge in [0.25, 0.3) is 0 Å². The van der Waals surface area contributed by atoms with E-state index in [-0.39, 0.29) is 11.8 Å². The Morgan fingerprint density at radius 3 is 2.54 bits per heavy atom. The molecule has 0 unspecified atom stereocenters. The fraction of sp³-hybridized carbons (Fsp3) is 0.300. The molecule has 0 heterocycles. The summed E-state index contributed by atoms with van der Waals surface area (Å²) in [6, 6.07) is 9.50. The van der Waals surface area contributed by atoms with E-state index in [2.05, 4.69) is 4.84 Å². The van der Waals surface area contributed by atoms with Crippen molar-refractivity contribution in [3.63, 3.8) is 0 Å². The lowest BCUT2D eigenvalue weighted by molar-refractivity contribution is -0.118. The molecule has 0 radical (unpaired) electrons. The standard InChI is InChI=1S/C10H12ClNO/c1-8(13)10(12-11)7-9-5-3-2-4-6-9/h2-6,10,12H,7H2,1H3/t10-/m0/s1. The number of benzene rings is 1. The van der Waals surface area contributed by atoms with Gasteiger partial charge in [0.2, 0.25) is 0 Å². The monoisotopic (exact) mass is 197 g/mol. The van der Waals surface area contributed by atoms with Crippen LogP contribution in [0.1, 0.15) is 12.5 Å². The smallest absolute Gasteiger partial charge is 0.148 e. The largest absolute Gasteiger partial charge is 0.298 e. The molecule has 1 N–H and O–H groups in total. The number of hydrogen-bond donors (Lipinski definition) is 1. The number of halogens is 1. The third-order valence-corrected chi connectivity index (χ3v) is 2.17. The highest BCUT2D eigenvalue weighted by Crippen LogP contribution is 2.04. The predicted molar refractivity (Wildman–Crippen MR) is 53.6 cm³/mol. The second kappa shape index (κ2) is 5.00. The van der Waals surface area contributed by atoms with E-state index in [1.807, 2.05) is 30.3 Å². The van der Waals surface area contributed by atoms with Crippen LogP contribution in [-0.2, 0) is 11.2 Å². The number of ketones is 1. The van der Waals surface area contributed by atoms with Crippen molar-refractivity contribution < 1.29 is 4.79 Å². The number of Topliss-reactive ketones (excluding diaryl/α,β-unsaturated/α-hetero) is 1. The highest BCUT2D eigenvalue weighted by Gasteiger charge is 2.12. The van der Waals surface area contributed by atoms with E-state index in [0.29, 0.717) is 6.42 Å². The Hall–Kier alpha value is -0.860. The molecule has 0 amide bonds. The molecule has 1 aromatic rings. The molecular formula is C10H12ClNO. The summed E-state index contributed by atoms with van der Waals surface area (Å²) in [7, 11) is 0. The first-order chi connectivity index (χ1) is 6.24. The van der Waals surface area contributed by atoms with Gasteiger partial charge >= 0.3 is 0 Å². The Morgan fingerprint density at radius 2 is 2.08 bits per heavy atom. The number of hydrogen-bond acceptors (Lipinski definition) is 2. The fourth-order valence-corrected chi connectivity index (χ4v) is 1.34. The topological polar surface area (TPSA) is 29.1 Å². The molecule has 0 saturated heterocycles. The predicted octanol–water partition coefficient (Wildman–Crippen LogP) is 1.93. The third kappa shape index (κ3) is 3.17. The van der Waals surface area contributed by atoms with Crippen LogP contribution < -0.4 is 4.84 Å². The Kier molecular flexibility index (Phi) is 3.93. The van der Waals surface area contributed by atoms with Gasteiger partial charge < -0.3 is 0 Å². The molecule has 70 valence electrons. The second-order valence-electron chi connectivity index (χ2n) is 2.96. The van der Waals surface area contributed by atoms with Crippen molar-refractivity contribution in [2.45, 2.75) is 19.4 Å². The highest BCUT2D eigenvalue weighted by molar-refractivity contribution is 6.15. The van der Waals surface area contributed by atoms with Crippen molar-refractivity contribution >= 4 is 17.6 Å². The summed E-state index contributed by atoms with van der Waals surface area (Å²) in [6.07, 6.45) is 0.639. The zero-order chi connectivity index (χ0) is 9.68. The summed E-state index contributed by atoms with van der Waals surface area (Å²) in [4.78, 5) is 13.5. The van der Waals surface area contributed by atoms with E-state index < -0.39 is 0 Å². The van der Waals surface area contributed by atoms with Gasteiger partial charge in [0.05, 0.1) is 6.04 Å². The Morgan fingerprint density at radius 1 is 1.46 bits per heavy atom. The van der Waals surface area contributed by atoms with Crippen molar-refractivity contribution in [3.8, 4) is 0 Å². The van der Waals surface area contributed by atoms with Crippen molar-refractivity contribution in [2.24, 2.45) is 0 Å². The molecule has 1 aromatic carbocycles. The molecule has 0 aliphatic heterocycles. The van der Waals surface area contributed by atoms with E-state index in [0.717, 1.165) is 5.56 Å². The Balaban J connectivity index is 2.62. The van der Waals surface area contributed by atoms with Gasteiger partial charge in [-0.15, -0.1) is 0 Å². The second-order valence-corrected chi connectivity index (χ2v) is 3.18. The Bertz CT molecular complexity index is 274. The van der Waals surface area contributed by atoms with Crippen molar-refractivity contribution in [2.75, 3.05) is 0 Å². The van der Waals surface area contributed by atoms with Gasteiger partial charge in [0.15, 0.2) is 0 Å². The van der Waals surface area contributed by atoms with Crippen LogP contribution in [-0.4, -0.2) is 11.8 Å². The zero-order valence-corrected chi connectivity index (χ0v) is 8.21. The van der Waals surface area contributed by atoms with Crippen molar-refractivity contribution in [1.82, 2.24) is 4.84 Å². The minimum Gasteiger partial charge on any atom is -0.298 e. The van der Waals surface area contributed by atoms with Gasteiger partial charge in [-0.3, -0.25) is 4.79 Å². The van der Waals surface area contributed by atoms with Crippen LogP contribution in [0, 0.1) is 0 Å². The van der Waals surface area contributed by atoms with Gasteiger partial charge in [0, 0.05) is 0 Å². The van der Waals surface area contributed by atoms with E-state index in [1.165, 1.54) is 6.92 Å². The van der Waals surface area contributed by atoms with Crippen LogP contribution in [0.25, 0.3) is 0 Å². The maximum atomic E-state index is 11.0. The lowest BCUT2D eigenvalue weighted by atomic mass is 10.0. The average molecular weight is 198 g/mol. The van der Waals surface area contributed by atoms with Crippen LogP contribution in [0.2, 0.25) is 0 Å². The molecule has 0 aromatic heterocycles. The lowest BCUT2D eigenvalue weighted by Gasteiger charge is -2.10. The number of rotatable bonds is 4. The van der Waals surface area contributed by atoms with E-state index in [9.17, 15) is 4.79 Å². The number of nitrogens with one attached hydrogen (secondary N) is 1. The number of carbonyl (C=O) groups is 1. The van der Waals surface area contributed by atoms with Crippen molar-refractivity contribution in [1.29, 1.82) is 0 Å². The molecule has 2 nitrogen and oxygen atoms in total. The average Bonchev–Trinajstić information content (AvgIpc) is 2.15. The van der Waals surface area contributed by atoms with Gasteiger partial charge in [-0.2, -0.15) is 0 Å².